The van der Waals surface area contributed by atoms with Gasteiger partial charge in [0.15, 0.2) is 24.6 Å². The van der Waals surface area contributed by atoms with Crippen molar-refractivity contribution in [3.8, 4) is 0 Å². The van der Waals surface area contributed by atoms with Gasteiger partial charge in [0.1, 0.15) is 12.7 Å². The van der Waals surface area contributed by atoms with Crippen LogP contribution in [0.15, 0.2) is 0 Å². The molecule has 11 atom stereocenters. The Morgan fingerprint density at radius 3 is 1.21 bits per heavy atom. The molecule has 11 nitrogen and oxygen atoms in total. The maximum absolute atomic E-state index is 14.2. The van der Waals surface area contributed by atoms with Gasteiger partial charge in [-0.1, -0.05) is 246 Å². The Kier molecular flexibility index (Phi) is 37.6. The van der Waals surface area contributed by atoms with E-state index in [0.717, 1.165) is 116 Å². The summed E-state index contributed by atoms with van der Waals surface area (Å²) in [4.78, 5) is 56.1. The summed E-state index contributed by atoms with van der Waals surface area (Å²) < 4.78 is 73.5. The first kappa shape index (κ1) is 61.4. The molecule has 1 saturated heterocycles. The van der Waals surface area contributed by atoms with Crippen molar-refractivity contribution in [1.29, 1.82) is 0 Å². The molecule has 3 rings (SSSR count). The van der Waals surface area contributed by atoms with Crippen molar-refractivity contribution in [2.24, 2.45) is 5.92 Å². The van der Waals surface area contributed by atoms with E-state index in [0.29, 0.717) is 37.8 Å². The van der Waals surface area contributed by atoms with E-state index < -0.39 is 86.8 Å². The van der Waals surface area contributed by atoms with E-state index >= 15 is 0 Å². The summed E-state index contributed by atoms with van der Waals surface area (Å²) in [5, 5.41) is 3.86. The quantitative estimate of drug-likeness (QED) is 0.0354. The summed E-state index contributed by atoms with van der Waals surface area (Å²) in [6.07, 6.45) is 29.4. The van der Waals surface area contributed by atoms with Gasteiger partial charge in [-0.25, -0.2) is 0 Å². The number of hydrogen-bond acceptors (Lipinski definition) is 11. The third kappa shape index (κ3) is 33.4. The first-order valence-electron chi connectivity index (χ1n) is 34.6. The number of rotatable bonds is 50. The monoisotopic (exact) mass is 1080 g/mol. The summed E-state index contributed by atoms with van der Waals surface area (Å²) in [6.45, 7) is 8.58. The Morgan fingerprint density at radius 2 is 0.789 bits per heavy atom. The molecule has 0 radical (unpaired) electrons. The van der Waals surface area contributed by atoms with Crippen molar-refractivity contribution >= 4 is 23.9 Å². The highest BCUT2D eigenvalue weighted by atomic mass is 16.7. The fraction of sp³-hybridized carbons (Fsp3) is 0.938. The lowest BCUT2D eigenvalue weighted by molar-refractivity contribution is -0.310. The van der Waals surface area contributed by atoms with Gasteiger partial charge in [0.2, 0.25) is 0 Å². The fourth-order valence-corrected chi connectivity index (χ4v) is 11.3. The van der Waals surface area contributed by atoms with E-state index in [-0.39, 0.29) is 38.2 Å². The number of hydrogen-bond donors (Lipinski definition) is 1. The molecule has 2 aliphatic carbocycles. The van der Waals surface area contributed by atoms with Crippen molar-refractivity contribution in [2.45, 2.75) is 372 Å². The Morgan fingerprint density at radius 1 is 0.421 bits per heavy atom. The minimum Gasteiger partial charge on any atom is -0.463 e. The first-order valence-corrected chi connectivity index (χ1v) is 32.3. The van der Waals surface area contributed by atoms with Gasteiger partial charge >= 0.3 is 23.9 Å². The number of ether oxygens (including phenoxy) is 6. The Bertz CT molecular complexity index is 1580. The average Bonchev–Trinajstić information content (AvgIpc) is 4.12. The maximum Gasteiger partial charge on any atom is 0.306 e. The van der Waals surface area contributed by atoms with E-state index in [9.17, 15) is 19.2 Å². The van der Waals surface area contributed by atoms with Crippen LogP contribution in [-0.4, -0.2) is 79.9 Å². The lowest BCUT2D eigenvalue weighted by atomic mass is 9.97. The van der Waals surface area contributed by atoms with Crippen LogP contribution in [0, 0.1) is 5.92 Å². The molecule has 1 heterocycles. The van der Waals surface area contributed by atoms with Gasteiger partial charge in [0, 0.05) is 43.3 Å². The van der Waals surface area contributed by atoms with Crippen LogP contribution in [-0.2, 0) is 47.6 Å². The Balaban J connectivity index is 1.93. The van der Waals surface area contributed by atoms with Crippen LogP contribution in [0.2, 0.25) is 0 Å². The van der Waals surface area contributed by atoms with Crippen LogP contribution in [0.4, 0.5) is 0 Å². The molecular formula is C65H119NO10. The smallest absolute Gasteiger partial charge is 0.306 e. The van der Waals surface area contributed by atoms with E-state index in [2.05, 4.69) is 33.0 Å². The average molecular weight is 1080 g/mol. The van der Waals surface area contributed by atoms with Gasteiger partial charge in [-0.15, -0.1) is 0 Å². The second-order valence-electron chi connectivity index (χ2n) is 23.1. The molecule has 11 heteroatoms. The van der Waals surface area contributed by atoms with Gasteiger partial charge < -0.3 is 33.7 Å². The molecule has 1 aliphatic heterocycles. The highest BCUT2D eigenvalue weighted by molar-refractivity contribution is 5.72. The maximum atomic E-state index is 14.2. The Labute approximate surface area is 472 Å². The predicted molar refractivity (Wildman–Crippen MR) is 309 cm³/mol. The Hall–Kier alpha value is -2.24. The lowest BCUT2D eigenvalue weighted by Gasteiger charge is -2.44. The molecule has 0 amide bonds. The van der Waals surface area contributed by atoms with Crippen molar-refractivity contribution < 1.29 is 53.1 Å². The van der Waals surface area contributed by atoms with E-state index in [4.69, 9.17) is 33.9 Å². The number of esters is 4. The summed E-state index contributed by atoms with van der Waals surface area (Å²) in [5.74, 6) is -2.63. The molecule has 3 aliphatic rings. The van der Waals surface area contributed by atoms with E-state index in [1.165, 1.54) is 109 Å². The number of unbranched alkanes of at least 4 members (excludes halogenated alkanes) is 24. The molecule has 3 fully saturated rings. The molecule has 7 unspecified atom stereocenters. The van der Waals surface area contributed by atoms with E-state index in [1.54, 1.807) is 0 Å². The molecule has 0 aromatic rings. The SMILES string of the molecule is [2H]C(CCCCCCCCC)CC(=O)OC[C@H]1OC(OCC2CCC(NC3CCCC3)C2)[C@H](OC(=O)CC([2H])CCCCCCCCC)[C@@H](OC(=O)CC([2H])CCCCCCCCC)[C@H]1OC(=O)CC([2H])CCCCCCCCC. The largest absolute Gasteiger partial charge is 0.463 e. The summed E-state index contributed by atoms with van der Waals surface area (Å²) in [6, 6.07) is 0.866. The number of carbonyl (C=O) groups excluding carboxylic acids is 4. The number of nitrogens with one attached hydrogen (secondary N) is 1. The first-order chi connectivity index (χ1) is 38.8. The molecule has 444 valence electrons. The number of carbonyl (C=O) groups is 4. The van der Waals surface area contributed by atoms with Crippen molar-refractivity contribution in [3.63, 3.8) is 0 Å². The topological polar surface area (TPSA) is 136 Å². The predicted octanol–water partition coefficient (Wildman–Crippen LogP) is 17.4. The minimum absolute atomic E-state index is 0.140. The van der Waals surface area contributed by atoms with Gasteiger partial charge in [-0.05, 0) is 63.6 Å². The van der Waals surface area contributed by atoms with Crippen molar-refractivity contribution in [3.05, 3.63) is 0 Å². The van der Waals surface area contributed by atoms with Crippen LogP contribution < -0.4 is 5.32 Å². The van der Waals surface area contributed by atoms with Gasteiger partial charge in [-0.2, -0.15) is 0 Å². The third-order valence-electron chi connectivity index (χ3n) is 16.0. The van der Waals surface area contributed by atoms with Gasteiger partial charge in [-0.3, -0.25) is 19.2 Å². The normalized spacial score (nSPS) is 24.2. The highest BCUT2D eigenvalue weighted by Gasteiger charge is 2.53. The van der Waals surface area contributed by atoms with Crippen LogP contribution in [0.3, 0.4) is 0 Å². The van der Waals surface area contributed by atoms with Gasteiger partial charge in [0.05, 0.1) is 6.61 Å². The zero-order chi connectivity index (χ0) is 58.0. The molecule has 0 aromatic carbocycles. The molecule has 0 aromatic heterocycles. The van der Waals surface area contributed by atoms with Gasteiger partial charge in [0.25, 0.3) is 0 Å². The van der Waals surface area contributed by atoms with E-state index in [1.807, 2.05) is 0 Å². The zero-order valence-electron chi connectivity index (χ0n) is 53.3. The summed E-state index contributed by atoms with van der Waals surface area (Å²) in [7, 11) is 0. The minimum atomic E-state index is -1.50. The molecule has 2 saturated carbocycles. The zero-order valence-corrected chi connectivity index (χ0v) is 49.3. The van der Waals surface area contributed by atoms with Crippen LogP contribution in [0.1, 0.15) is 335 Å². The van der Waals surface area contributed by atoms with Crippen molar-refractivity contribution in [2.75, 3.05) is 13.2 Å². The fourth-order valence-electron chi connectivity index (χ4n) is 11.3. The summed E-state index contributed by atoms with van der Waals surface area (Å²) in [5.41, 5.74) is 0. The lowest BCUT2D eigenvalue weighted by Crippen LogP contribution is -2.63. The van der Waals surface area contributed by atoms with Crippen LogP contribution in [0.25, 0.3) is 0 Å². The second kappa shape index (κ2) is 46.5. The molecule has 1 N–H and O–H groups in total. The molecule has 0 spiro atoms. The van der Waals surface area contributed by atoms with Crippen molar-refractivity contribution in [1.82, 2.24) is 5.32 Å². The highest BCUT2D eigenvalue weighted by Crippen LogP contribution is 2.34. The van der Waals surface area contributed by atoms with Crippen LogP contribution >= 0.6 is 0 Å². The molecule has 0 bridgehead atoms. The third-order valence-corrected chi connectivity index (χ3v) is 16.0. The standard InChI is InChI=1S/C65H119NO10/c1-5-9-13-17-21-25-29-33-37-45-58(67)71-53-57-62(74-59(68)46-38-34-30-26-22-18-14-10-6-2)63(75-60(69)47-39-35-31-27-23-19-15-11-7-3)64(76-61(70)48-40-36-32-28-24-20-16-12-8-4)65(73-57)72-52-54-49-50-56(51-54)66-55-43-41-42-44-55/h54-57,62-66H,5-53H2,1-4H3/t54?,56?,57-,62+,63+,64-,65?/m1/s1/i37D,38D,39D,40D/t37?,38?,39?,40?,54?,56?,57-,62+,63+,64-,65?. The molecular weight excluding hydrogens is 955 g/mol. The van der Waals surface area contributed by atoms with Crippen LogP contribution in [0.5, 0.6) is 0 Å². The molecule has 76 heavy (non-hydrogen) atoms. The second-order valence-corrected chi connectivity index (χ2v) is 23.1. The summed E-state index contributed by atoms with van der Waals surface area (Å²) >= 11 is 0.